The number of esters is 1. The fourth-order valence-electron chi connectivity index (χ4n) is 2.96. The molecule has 1 amide bonds. The molecule has 0 radical (unpaired) electrons. The first kappa shape index (κ1) is 21.7. The number of hydrogen-bond acceptors (Lipinski definition) is 5. The summed E-state index contributed by atoms with van der Waals surface area (Å²) in [6.45, 7) is -2.11. The minimum atomic E-state index is -4.40. The summed E-state index contributed by atoms with van der Waals surface area (Å²) in [6, 6.07) is 7.79. The van der Waals surface area contributed by atoms with Crippen LogP contribution in [0.3, 0.4) is 0 Å². The molecule has 1 aromatic carbocycles. The molecule has 1 aliphatic rings. The molecular weight excluding hydrogens is 377 g/mol. The zero-order valence-electron chi connectivity index (χ0n) is 15.2. The van der Waals surface area contributed by atoms with Crippen LogP contribution in [0.25, 0.3) is 0 Å². The Morgan fingerprint density at radius 3 is 2.36 bits per heavy atom. The highest BCUT2D eigenvalue weighted by Gasteiger charge is 2.33. The maximum Gasteiger partial charge on any atom is 0.411 e. The molecule has 0 spiro atoms. The molecule has 0 atom stereocenters. The summed E-state index contributed by atoms with van der Waals surface area (Å²) in [4.78, 5) is 24.0. The lowest BCUT2D eigenvalue weighted by Crippen LogP contribution is -2.50. The lowest BCUT2D eigenvalue weighted by Gasteiger charge is -2.31. The Morgan fingerprint density at radius 2 is 1.79 bits per heavy atom. The minimum Gasteiger partial charge on any atom is -0.452 e. The number of hydrogen-bond donors (Lipinski definition) is 1. The van der Waals surface area contributed by atoms with Crippen LogP contribution < -0.4 is 5.32 Å². The average molecular weight is 398 g/mol. The van der Waals surface area contributed by atoms with E-state index in [1.165, 1.54) is 24.3 Å². The van der Waals surface area contributed by atoms with E-state index in [0.29, 0.717) is 18.4 Å². The molecule has 0 bridgehead atoms. The predicted octanol–water partition coefficient (Wildman–Crippen LogP) is 3.26. The molecule has 0 aromatic heterocycles. The summed E-state index contributed by atoms with van der Waals surface area (Å²) in [5.41, 5.74) is -0.286. The Bertz CT molecular complexity index is 720. The van der Waals surface area contributed by atoms with Crippen molar-refractivity contribution in [2.45, 2.75) is 50.4 Å². The molecule has 152 valence electrons. The predicted molar refractivity (Wildman–Crippen MR) is 92.0 cm³/mol. The van der Waals surface area contributed by atoms with Crippen molar-refractivity contribution in [3.63, 3.8) is 0 Å². The Morgan fingerprint density at radius 1 is 1.14 bits per heavy atom. The molecule has 1 N–H and O–H groups in total. The van der Waals surface area contributed by atoms with Crippen LogP contribution in [0.15, 0.2) is 24.3 Å². The van der Waals surface area contributed by atoms with Crippen LogP contribution in [0.4, 0.5) is 13.2 Å². The highest BCUT2D eigenvalue weighted by molar-refractivity contribution is 5.91. The molecule has 0 heterocycles. The molecule has 0 unspecified atom stereocenters. The summed E-state index contributed by atoms with van der Waals surface area (Å²) in [7, 11) is 0. The lowest BCUT2D eigenvalue weighted by atomic mass is 9.83. The Labute approximate surface area is 160 Å². The fraction of sp³-hybridized carbons (Fsp3) is 0.526. The Kier molecular flexibility index (Phi) is 7.40. The van der Waals surface area contributed by atoms with Crippen LogP contribution >= 0.6 is 0 Å². The number of amides is 1. The molecule has 1 fully saturated rings. The van der Waals surface area contributed by atoms with Gasteiger partial charge in [-0.3, -0.25) is 4.79 Å². The van der Waals surface area contributed by atoms with Gasteiger partial charge in [-0.2, -0.15) is 18.4 Å². The van der Waals surface area contributed by atoms with Crippen molar-refractivity contribution in [1.29, 1.82) is 5.26 Å². The summed E-state index contributed by atoms with van der Waals surface area (Å²) >= 11 is 0. The molecule has 6 nitrogen and oxygen atoms in total. The van der Waals surface area contributed by atoms with E-state index in [1.54, 1.807) is 0 Å². The second kappa shape index (κ2) is 9.55. The number of nitrogens with one attached hydrogen (secondary N) is 1. The number of rotatable bonds is 7. The number of nitrogens with zero attached hydrogens (tertiary/aromatic N) is 1. The number of nitriles is 1. The summed E-state index contributed by atoms with van der Waals surface area (Å²) in [5, 5.41) is 12.0. The molecule has 1 saturated carbocycles. The van der Waals surface area contributed by atoms with Gasteiger partial charge >= 0.3 is 12.1 Å². The first-order chi connectivity index (χ1) is 13.2. The molecule has 28 heavy (non-hydrogen) atoms. The van der Waals surface area contributed by atoms with Crippen LogP contribution in [-0.2, 0) is 20.9 Å². The third-order valence-corrected chi connectivity index (χ3v) is 4.36. The Hall–Kier alpha value is -2.60. The number of benzene rings is 1. The van der Waals surface area contributed by atoms with E-state index in [4.69, 9.17) is 4.74 Å². The van der Waals surface area contributed by atoms with Gasteiger partial charge in [-0.25, -0.2) is 4.79 Å². The fourth-order valence-corrected chi connectivity index (χ4v) is 2.96. The monoisotopic (exact) mass is 398 g/mol. The molecule has 1 aromatic rings. The third kappa shape index (κ3) is 6.85. The normalized spacial score (nSPS) is 16.1. The van der Waals surface area contributed by atoms with E-state index in [1.807, 2.05) is 0 Å². The van der Waals surface area contributed by atoms with Crippen molar-refractivity contribution in [2.75, 3.05) is 13.2 Å². The molecular formula is C19H21F3N2O4. The van der Waals surface area contributed by atoms with E-state index < -0.39 is 36.8 Å². The van der Waals surface area contributed by atoms with Crippen LogP contribution in [-0.4, -0.2) is 36.8 Å². The minimum absolute atomic E-state index is 0.153. The molecule has 0 aliphatic heterocycles. The average Bonchev–Trinajstić information content (AvgIpc) is 2.66. The smallest absolute Gasteiger partial charge is 0.411 e. The van der Waals surface area contributed by atoms with Crippen molar-refractivity contribution < 1.29 is 32.2 Å². The number of ether oxygens (including phenoxy) is 2. The van der Waals surface area contributed by atoms with Gasteiger partial charge in [-0.05, 0) is 30.5 Å². The first-order valence-electron chi connectivity index (χ1n) is 8.86. The quantitative estimate of drug-likeness (QED) is 0.713. The van der Waals surface area contributed by atoms with E-state index in [-0.39, 0.29) is 12.2 Å². The van der Waals surface area contributed by atoms with Crippen molar-refractivity contribution in [3.05, 3.63) is 35.4 Å². The molecule has 1 aliphatic carbocycles. The number of halogens is 3. The third-order valence-electron chi connectivity index (χ3n) is 4.36. The highest BCUT2D eigenvalue weighted by Crippen LogP contribution is 2.27. The van der Waals surface area contributed by atoms with Crippen molar-refractivity contribution in [2.24, 2.45) is 0 Å². The summed E-state index contributed by atoms with van der Waals surface area (Å²) in [6.07, 6.45) is -0.529. The van der Waals surface area contributed by atoms with Gasteiger partial charge in [0.25, 0.3) is 5.91 Å². The maximum atomic E-state index is 12.0. The van der Waals surface area contributed by atoms with Crippen LogP contribution in [0.2, 0.25) is 0 Å². The van der Waals surface area contributed by atoms with Gasteiger partial charge in [0.2, 0.25) is 0 Å². The van der Waals surface area contributed by atoms with E-state index >= 15 is 0 Å². The highest BCUT2D eigenvalue weighted by atomic mass is 19.4. The molecule has 0 saturated heterocycles. The molecule has 9 heteroatoms. The number of carbonyl (C=O) groups excluding carboxylic acids is 2. The molecule has 2 rings (SSSR count). The summed E-state index contributed by atoms with van der Waals surface area (Å²) in [5.74, 6) is -1.29. The number of carbonyl (C=O) groups is 2. The van der Waals surface area contributed by atoms with Crippen LogP contribution in [0.5, 0.6) is 0 Å². The van der Waals surface area contributed by atoms with Gasteiger partial charge in [0.05, 0.1) is 18.2 Å². The number of alkyl halides is 3. The van der Waals surface area contributed by atoms with Gasteiger partial charge in [0.15, 0.2) is 6.61 Å². The lowest BCUT2D eigenvalue weighted by molar-refractivity contribution is -0.176. The zero-order chi connectivity index (χ0) is 20.6. The van der Waals surface area contributed by atoms with Crippen LogP contribution in [0, 0.1) is 11.3 Å². The van der Waals surface area contributed by atoms with E-state index in [2.05, 4.69) is 16.1 Å². The van der Waals surface area contributed by atoms with Gasteiger partial charge in [-0.15, -0.1) is 0 Å². The van der Waals surface area contributed by atoms with Gasteiger partial charge < -0.3 is 14.8 Å². The van der Waals surface area contributed by atoms with Crippen molar-refractivity contribution in [3.8, 4) is 6.07 Å². The van der Waals surface area contributed by atoms with Gasteiger partial charge in [-0.1, -0.05) is 31.4 Å². The topological polar surface area (TPSA) is 88.4 Å². The van der Waals surface area contributed by atoms with Crippen molar-refractivity contribution in [1.82, 2.24) is 5.32 Å². The maximum absolute atomic E-state index is 12.0. The van der Waals surface area contributed by atoms with Crippen LogP contribution in [0.1, 0.15) is 48.0 Å². The second-order valence-electron chi connectivity index (χ2n) is 6.68. The van der Waals surface area contributed by atoms with Gasteiger partial charge in [0, 0.05) is 0 Å². The second-order valence-corrected chi connectivity index (χ2v) is 6.68. The summed E-state index contributed by atoms with van der Waals surface area (Å²) < 4.78 is 45.6. The van der Waals surface area contributed by atoms with Crippen molar-refractivity contribution >= 4 is 11.9 Å². The van der Waals surface area contributed by atoms with E-state index in [0.717, 1.165) is 19.3 Å². The zero-order valence-corrected chi connectivity index (χ0v) is 15.2. The first-order valence-corrected chi connectivity index (χ1v) is 8.86. The SMILES string of the molecule is N#CC1(NC(=O)COC(=O)c2ccc(COCC(F)(F)F)cc2)CCCCC1. The van der Waals surface area contributed by atoms with Gasteiger partial charge in [0.1, 0.15) is 12.1 Å². The standard InChI is InChI=1S/C19H21F3N2O4/c20-19(21,22)13-27-10-14-4-6-15(7-5-14)17(26)28-11-16(25)24-18(12-23)8-2-1-3-9-18/h4-7H,1-3,8-11,13H2,(H,24,25). The Balaban J connectivity index is 1.79. The largest absolute Gasteiger partial charge is 0.452 e. The van der Waals surface area contributed by atoms with E-state index in [9.17, 15) is 28.0 Å².